The Bertz CT molecular complexity index is 330. The highest BCUT2D eigenvalue weighted by Crippen LogP contribution is 2.18. The number of nitrogens with zero attached hydrogens (tertiary/aromatic N) is 1. The van der Waals surface area contributed by atoms with Gasteiger partial charge in [0.25, 0.3) is 0 Å². The van der Waals surface area contributed by atoms with Crippen LogP contribution in [0.4, 0.5) is 0 Å². The molecule has 1 saturated carbocycles. The second-order valence-corrected chi connectivity index (χ2v) is 4.42. The van der Waals surface area contributed by atoms with Crippen LogP contribution in [0.5, 0.6) is 0 Å². The molecule has 1 aliphatic carbocycles. The van der Waals surface area contributed by atoms with Gasteiger partial charge in [-0.15, -0.1) is 0 Å². The van der Waals surface area contributed by atoms with Crippen molar-refractivity contribution in [1.82, 2.24) is 15.2 Å². The predicted molar refractivity (Wildman–Crippen MR) is 63.2 cm³/mol. The van der Waals surface area contributed by atoms with Crippen molar-refractivity contribution in [2.24, 2.45) is 0 Å². The molecule has 4 heteroatoms. The van der Waals surface area contributed by atoms with Crippen LogP contribution >= 0.6 is 0 Å². The zero-order valence-electron chi connectivity index (χ0n) is 9.70. The highest BCUT2D eigenvalue weighted by atomic mass is 16.2. The van der Waals surface area contributed by atoms with E-state index in [1.165, 1.54) is 18.5 Å². The van der Waals surface area contributed by atoms with Gasteiger partial charge in [-0.3, -0.25) is 4.79 Å². The predicted octanol–water partition coefficient (Wildman–Crippen LogP) is 0.768. The summed E-state index contributed by atoms with van der Waals surface area (Å²) in [6.07, 6.45) is 5.24. The van der Waals surface area contributed by atoms with Gasteiger partial charge in [-0.25, -0.2) is 0 Å². The number of likely N-dealkylation sites (N-methyl/N-ethyl adjacent to an activating group) is 1. The minimum absolute atomic E-state index is 0.179. The number of hydrogen-bond donors (Lipinski definition) is 2. The van der Waals surface area contributed by atoms with Gasteiger partial charge in [0.05, 0.1) is 6.54 Å². The molecular formula is C12H19N3O. The van der Waals surface area contributed by atoms with E-state index in [4.69, 9.17) is 0 Å². The molecule has 0 bridgehead atoms. The molecule has 0 aliphatic heterocycles. The summed E-state index contributed by atoms with van der Waals surface area (Å²) in [7, 11) is 1.86. The molecule has 2 rings (SSSR count). The standard InChI is InChI=1S/C12H19N3O/c1-15(8-6-10-3-2-7-13-10)12(16)9-14-11-4-5-11/h2-3,7,11,13-14H,4-6,8-9H2,1H3. The summed E-state index contributed by atoms with van der Waals surface area (Å²) < 4.78 is 0. The number of carbonyl (C=O) groups excluding carboxylic acids is 1. The summed E-state index contributed by atoms with van der Waals surface area (Å²) in [6.45, 7) is 1.25. The lowest BCUT2D eigenvalue weighted by atomic mass is 10.3. The van der Waals surface area contributed by atoms with Gasteiger partial charge >= 0.3 is 0 Å². The third-order valence-electron chi connectivity index (χ3n) is 2.92. The fourth-order valence-electron chi connectivity index (χ4n) is 1.59. The summed E-state index contributed by atoms with van der Waals surface area (Å²) in [5.41, 5.74) is 1.18. The van der Waals surface area contributed by atoms with Crippen LogP contribution < -0.4 is 5.32 Å². The van der Waals surface area contributed by atoms with Crippen molar-refractivity contribution in [3.05, 3.63) is 24.0 Å². The highest BCUT2D eigenvalue weighted by Gasteiger charge is 2.21. The maximum Gasteiger partial charge on any atom is 0.236 e. The van der Waals surface area contributed by atoms with Crippen LogP contribution in [0.3, 0.4) is 0 Å². The quantitative estimate of drug-likeness (QED) is 0.745. The van der Waals surface area contributed by atoms with E-state index in [0.717, 1.165) is 13.0 Å². The third kappa shape index (κ3) is 3.38. The molecule has 1 fully saturated rings. The molecule has 1 aromatic rings. The van der Waals surface area contributed by atoms with Crippen molar-refractivity contribution < 1.29 is 4.79 Å². The number of amides is 1. The number of H-pyrrole nitrogens is 1. The van der Waals surface area contributed by atoms with Crippen molar-refractivity contribution in [2.75, 3.05) is 20.1 Å². The lowest BCUT2D eigenvalue weighted by molar-refractivity contribution is -0.128. The average molecular weight is 221 g/mol. The molecule has 0 spiro atoms. The van der Waals surface area contributed by atoms with Crippen LogP contribution in [0.1, 0.15) is 18.5 Å². The lowest BCUT2D eigenvalue weighted by Gasteiger charge is -2.17. The Hall–Kier alpha value is -1.29. The van der Waals surface area contributed by atoms with Gasteiger partial charge in [0.1, 0.15) is 0 Å². The molecule has 1 aromatic heterocycles. The molecule has 0 unspecified atom stereocenters. The smallest absolute Gasteiger partial charge is 0.236 e. The molecule has 1 amide bonds. The van der Waals surface area contributed by atoms with Crippen LogP contribution in [-0.4, -0.2) is 42.0 Å². The monoisotopic (exact) mass is 221 g/mol. The second-order valence-electron chi connectivity index (χ2n) is 4.42. The number of nitrogens with one attached hydrogen (secondary N) is 2. The molecule has 88 valence electrons. The Morgan fingerprint density at radius 3 is 3.06 bits per heavy atom. The molecule has 16 heavy (non-hydrogen) atoms. The average Bonchev–Trinajstić information content (AvgIpc) is 2.97. The van der Waals surface area contributed by atoms with E-state index in [9.17, 15) is 4.79 Å². The topological polar surface area (TPSA) is 48.1 Å². The Morgan fingerprint density at radius 2 is 2.44 bits per heavy atom. The summed E-state index contributed by atoms with van der Waals surface area (Å²) in [5.74, 6) is 0.179. The molecule has 0 aromatic carbocycles. The number of carbonyl (C=O) groups is 1. The summed E-state index contributed by atoms with van der Waals surface area (Å²) >= 11 is 0. The SMILES string of the molecule is CN(CCc1ccc[nH]1)C(=O)CNC1CC1. The van der Waals surface area contributed by atoms with Crippen molar-refractivity contribution >= 4 is 5.91 Å². The van der Waals surface area contributed by atoms with Crippen LogP contribution in [0.2, 0.25) is 0 Å². The fourth-order valence-corrected chi connectivity index (χ4v) is 1.59. The fraction of sp³-hybridized carbons (Fsp3) is 0.583. The van der Waals surface area contributed by atoms with Gasteiger partial charge in [0.2, 0.25) is 5.91 Å². The second kappa shape index (κ2) is 5.16. The van der Waals surface area contributed by atoms with E-state index in [-0.39, 0.29) is 5.91 Å². The zero-order chi connectivity index (χ0) is 11.4. The maximum atomic E-state index is 11.7. The van der Waals surface area contributed by atoms with Gasteiger partial charge in [-0.1, -0.05) is 0 Å². The van der Waals surface area contributed by atoms with Crippen LogP contribution in [0, 0.1) is 0 Å². The first kappa shape index (κ1) is 11.2. The number of hydrogen-bond acceptors (Lipinski definition) is 2. The summed E-state index contributed by atoms with van der Waals surface area (Å²) in [4.78, 5) is 16.6. The molecule has 2 N–H and O–H groups in total. The Labute approximate surface area is 96.0 Å². The van der Waals surface area contributed by atoms with E-state index in [2.05, 4.69) is 10.3 Å². The van der Waals surface area contributed by atoms with Crippen molar-refractivity contribution in [2.45, 2.75) is 25.3 Å². The number of aromatic nitrogens is 1. The molecular weight excluding hydrogens is 202 g/mol. The van der Waals surface area contributed by atoms with Crippen LogP contribution in [0.25, 0.3) is 0 Å². The summed E-state index contributed by atoms with van der Waals surface area (Å²) in [6, 6.07) is 4.62. The minimum atomic E-state index is 0.179. The van der Waals surface area contributed by atoms with Gasteiger partial charge in [0, 0.05) is 37.9 Å². The molecule has 0 atom stereocenters. The van der Waals surface area contributed by atoms with Gasteiger partial charge < -0.3 is 15.2 Å². The molecule has 4 nitrogen and oxygen atoms in total. The van der Waals surface area contributed by atoms with Gasteiger partial charge in [-0.2, -0.15) is 0 Å². The van der Waals surface area contributed by atoms with Crippen molar-refractivity contribution in [3.8, 4) is 0 Å². The first-order valence-corrected chi connectivity index (χ1v) is 5.85. The molecule has 1 aliphatic rings. The van der Waals surface area contributed by atoms with Crippen molar-refractivity contribution in [1.29, 1.82) is 0 Å². The highest BCUT2D eigenvalue weighted by molar-refractivity contribution is 5.78. The lowest BCUT2D eigenvalue weighted by Crippen LogP contribution is -2.37. The molecule has 0 saturated heterocycles. The zero-order valence-corrected chi connectivity index (χ0v) is 9.70. The Kier molecular flexibility index (Phi) is 3.62. The van der Waals surface area contributed by atoms with Crippen molar-refractivity contribution in [3.63, 3.8) is 0 Å². The van der Waals surface area contributed by atoms with E-state index in [0.29, 0.717) is 12.6 Å². The Balaban J connectivity index is 1.65. The molecule has 1 heterocycles. The molecule has 0 radical (unpaired) electrons. The maximum absolute atomic E-state index is 11.7. The van der Waals surface area contributed by atoms with Gasteiger partial charge in [-0.05, 0) is 25.0 Å². The minimum Gasteiger partial charge on any atom is -0.365 e. The van der Waals surface area contributed by atoms with Crippen LogP contribution in [-0.2, 0) is 11.2 Å². The van der Waals surface area contributed by atoms with E-state index in [1.807, 2.05) is 25.4 Å². The van der Waals surface area contributed by atoms with E-state index < -0.39 is 0 Å². The number of aromatic amines is 1. The largest absolute Gasteiger partial charge is 0.365 e. The normalized spacial score (nSPS) is 15.1. The van der Waals surface area contributed by atoms with E-state index in [1.54, 1.807) is 4.90 Å². The Morgan fingerprint density at radius 1 is 1.62 bits per heavy atom. The van der Waals surface area contributed by atoms with Gasteiger partial charge in [0.15, 0.2) is 0 Å². The first-order chi connectivity index (χ1) is 7.75. The summed E-state index contributed by atoms with van der Waals surface area (Å²) in [5, 5.41) is 3.23. The van der Waals surface area contributed by atoms with Crippen LogP contribution in [0.15, 0.2) is 18.3 Å². The number of rotatable bonds is 6. The first-order valence-electron chi connectivity index (χ1n) is 5.85. The van der Waals surface area contributed by atoms with E-state index >= 15 is 0 Å². The third-order valence-corrected chi connectivity index (χ3v) is 2.92.